The van der Waals surface area contributed by atoms with Gasteiger partial charge in [0.1, 0.15) is 0 Å². The van der Waals surface area contributed by atoms with E-state index in [1.165, 1.54) is 6.07 Å². The van der Waals surface area contributed by atoms with Crippen molar-refractivity contribution in [3.63, 3.8) is 0 Å². The maximum Gasteiger partial charge on any atom is 0.264 e. The standard InChI is InChI=1S/C14H16FNO3/c15-11-3-1-2-9-8-12(19-13(9)11)14(18)16(6-7-17)10-4-5-10/h1-3,10,12,17H,4-8H2. The molecular weight excluding hydrogens is 249 g/mol. The molecule has 0 spiro atoms. The lowest BCUT2D eigenvalue weighted by atomic mass is 10.1. The van der Waals surface area contributed by atoms with Gasteiger partial charge in [0.25, 0.3) is 5.91 Å². The first-order chi connectivity index (χ1) is 9.20. The number of carbonyl (C=O) groups excluding carboxylic acids is 1. The lowest BCUT2D eigenvalue weighted by molar-refractivity contribution is -0.139. The Bertz CT molecular complexity index is 501. The molecule has 1 aromatic carbocycles. The van der Waals surface area contributed by atoms with E-state index < -0.39 is 11.9 Å². The molecule has 19 heavy (non-hydrogen) atoms. The van der Waals surface area contributed by atoms with Gasteiger partial charge in [-0.15, -0.1) is 0 Å². The largest absolute Gasteiger partial charge is 0.477 e. The summed E-state index contributed by atoms with van der Waals surface area (Å²) in [6, 6.07) is 4.95. The van der Waals surface area contributed by atoms with E-state index >= 15 is 0 Å². The Morgan fingerprint density at radius 2 is 2.26 bits per heavy atom. The van der Waals surface area contributed by atoms with Gasteiger partial charge >= 0.3 is 0 Å². The van der Waals surface area contributed by atoms with Crippen LogP contribution in [-0.2, 0) is 11.2 Å². The molecule has 4 nitrogen and oxygen atoms in total. The Labute approximate surface area is 110 Å². The topological polar surface area (TPSA) is 49.8 Å². The molecule has 102 valence electrons. The number of fused-ring (bicyclic) bond motifs is 1. The maximum absolute atomic E-state index is 13.6. The molecule has 0 saturated heterocycles. The minimum atomic E-state index is -0.654. The predicted octanol–water partition coefficient (Wildman–Crippen LogP) is 1.11. The highest BCUT2D eigenvalue weighted by Crippen LogP contribution is 2.34. The molecular formula is C14H16FNO3. The first-order valence-corrected chi connectivity index (χ1v) is 6.56. The molecule has 1 unspecified atom stereocenters. The summed E-state index contributed by atoms with van der Waals surface area (Å²) < 4.78 is 19.0. The quantitative estimate of drug-likeness (QED) is 0.887. The number of rotatable bonds is 4. The fraction of sp³-hybridized carbons (Fsp3) is 0.500. The number of para-hydroxylation sites is 1. The van der Waals surface area contributed by atoms with Gasteiger partial charge in [0.2, 0.25) is 0 Å². The van der Waals surface area contributed by atoms with Gasteiger partial charge in [-0.3, -0.25) is 4.79 Å². The summed E-state index contributed by atoms with van der Waals surface area (Å²) in [5, 5.41) is 9.03. The zero-order chi connectivity index (χ0) is 13.4. The summed E-state index contributed by atoms with van der Waals surface area (Å²) in [4.78, 5) is 14.0. The van der Waals surface area contributed by atoms with Crippen molar-refractivity contribution in [2.75, 3.05) is 13.2 Å². The Hall–Kier alpha value is -1.62. The summed E-state index contributed by atoms with van der Waals surface area (Å²) in [5.41, 5.74) is 0.734. The van der Waals surface area contributed by atoms with Crippen molar-refractivity contribution in [2.45, 2.75) is 31.4 Å². The van der Waals surface area contributed by atoms with Crippen molar-refractivity contribution in [3.05, 3.63) is 29.6 Å². The number of aliphatic hydroxyl groups is 1. The third-order valence-corrected chi connectivity index (χ3v) is 3.60. The number of halogens is 1. The van der Waals surface area contributed by atoms with Crippen LogP contribution in [0.4, 0.5) is 4.39 Å². The number of nitrogens with zero attached hydrogens (tertiary/aromatic N) is 1. The zero-order valence-electron chi connectivity index (χ0n) is 10.5. The smallest absolute Gasteiger partial charge is 0.264 e. The van der Waals surface area contributed by atoms with E-state index in [1.807, 2.05) is 0 Å². The van der Waals surface area contributed by atoms with Crippen molar-refractivity contribution in [3.8, 4) is 5.75 Å². The van der Waals surface area contributed by atoms with Gasteiger partial charge in [0.15, 0.2) is 17.7 Å². The summed E-state index contributed by atoms with van der Waals surface area (Å²) in [6.45, 7) is 0.262. The number of hydrogen-bond acceptors (Lipinski definition) is 3. The second kappa shape index (κ2) is 4.81. The van der Waals surface area contributed by atoms with Crippen molar-refractivity contribution in [2.24, 2.45) is 0 Å². The van der Waals surface area contributed by atoms with Gasteiger partial charge in [-0.2, -0.15) is 0 Å². The fourth-order valence-electron chi connectivity index (χ4n) is 2.52. The molecule has 1 aliphatic heterocycles. The second-order valence-electron chi connectivity index (χ2n) is 5.03. The third kappa shape index (κ3) is 2.30. The summed E-state index contributed by atoms with van der Waals surface area (Å²) >= 11 is 0. The summed E-state index contributed by atoms with van der Waals surface area (Å²) in [5.74, 6) is -0.374. The van der Waals surface area contributed by atoms with E-state index in [4.69, 9.17) is 9.84 Å². The van der Waals surface area contributed by atoms with Crippen LogP contribution in [0, 0.1) is 5.82 Å². The van der Waals surface area contributed by atoms with Crippen molar-refractivity contribution in [1.82, 2.24) is 4.90 Å². The third-order valence-electron chi connectivity index (χ3n) is 3.60. The Morgan fingerprint density at radius 1 is 1.47 bits per heavy atom. The molecule has 3 rings (SSSR count). The highest BCUT2D eigenvalue weighted by atomic mass is 19.1. The van der Waals surface area contributed by atoms with Crippen LogP contribution in [0.25, 0.3) is 0 Å². The van der Waals surface area contributed by atoms with Crippen LogP contribution < -0.4 is 4.74 Å². The highest BCUT2D eigenvalue weighted by molar-refractivity contribution is 5.83. The van der Waals surface area contributed by atoms with Crippen LogP contribution in [0.5, 0.6) is 5.75 Å². The van der Waals surface area contributed by atoms with E-state index in [0.29, 0.717) is 13.0 Å². The molecule has 5 heteroatoms. The predicted molar refractivity (Wildman–Crippen MR) is 66.3 cm³/mol. The minimum absolute atomic E-state index is 0.0593. The molecule has 1 N–H and O–H groups in total. The van der Waals surface area contributed by atoms with E-state index in [-0.39, 0.29) is 24.3 Å². The average Bonchev–Trinajstić information content (AvgIpc) is 3.14. The Balaban J connectivity index is 1.74. The molecule has 0 bridgehead atoms. The first-order valence-electron chi connectivity index (χ1n) is 6.56. The molecule has 1 amide bonds. The highest BCUT2D eigenvalue weighted by Gasteiger charge is 2.39. The van der Waals surface area contributed by atoms with Crippen molar-refractivity contribution in [1.29, 1.82) is 0 Å². The van der Waals surface area contributed by atoms with E-state index in [2.05, 4.69) is 0 Å². The number of benzene rings is 1. The molecule has 1 aliphatic carbocycles. The van der Waals surface area contributed by atoms with Gasteiger partial charge in [-0.05, 0) is 18.9 Å². The normalized spacial score (nSPS) is 20.8. The maximum atomic E-state index is 13.6. The van der Waals surface area contributed by atoms with Crippen molar-refractivity contribution >= 4 is 5.91 Å². The van der Waals surface area contributed by atoms with E-state index in [0.717, 1.165) is 18.4 Å². The molecule has 0 radical (unpaired) electrons. The van der Waals surface area contributed by atoms with Crippen molar-refractivity contribution < 1.29 is 19.0 Å². The Morgan fingerprint density at radius 3 is 2.89 bits per heavy atom. The van der Waals surface area contributed by atoms with Crippen LogP contribution in [0.15, 0.2) is 18.2 Å². The lowest BCUT2D eigenvalue weighted by Crippen LogP contribution is -2.44. The number of aliphatic hydroxyl groups excluding tert-OH is 1. The fourth-order valence-corrected chi connectivity index (χ4v) is 2.52. The molecule has 1 heterocycles. The SMILES string of the molecule is O=C(C1Cc2cccc(F)c2O1)N(CCO)C1CC1. The number of hydrogen-bond donors (Lipinski definition) is 1. The number of ether oxygens (including phenoxy) is 1. The molecule has 1 aromatic rings. The summed E-state index contributed by atoms with van der Waals surface area (Å²) in [7, 11) is 0. The molecule has 1 atom stereocenters. The second-order valence-corrected chi connectivity index (χ2v) is 5.03. The number of carbonyl (C=O) groups is 1. The van der Waals surface area contributed by atoms with Crippen LogP contribution >= 0.6 is 0 Å². The molecule has 0 aromatic heterocycles. The van der Waals surface area contributed by atoms with Crippen LogP contribution in [0.1, 0.15) is 18.4 Å². The first kappa shape index (κ1) is 12.4. The van der Waals surface area contributed by atoms with Crippen LogP contribution in [0.3, 0.4) is 0 Å². The monoisotopic (exact) mass is 265 g/mol. The zero-order valence-corrected chi connectivity index (χ0v) is 10.5. The minimum Gasteiger partial charge on any atom is -0.477 e. The van der Waals surface area contributed by atoms with E-state index in [1.54, 1.807) is 17.0 Å². The van der Waals surface area contributed by atoms with Crippen LogP contribution in [-0.4, -0.2) is 41.2 Å². The van der Waals surface area contributed by atoms with E-state index in [9.17, 15) is 9.18 Å². The van der Waals surface area contributed by atoms with Gasteiger partial charge < -0.3 is 14.7 Å². The van der Waals surface area contributed by atoms with Gasteiger partial charge in [-0.25, -0.2) is 4.39 Å². The average molecular weight is 265 g/mol. The van der Waals surface area contributed by atoms with Gasteiger partial charge in [-0.1, -0.05) is 12.1 Å². The Kier molecular flexibility index (Phi) is 3.14. The molecule has 1 fully saturated rings. The van der Waals surface area contributed by atoms with Gasteiger partial charge in [0, 0.05) is 24.6 Å². The van der Waals surface area contributed by atoms with Crippen LogP contribution in [0.2, 0.25) is 0 Å². The number of amides is 1. The molecule has 1 saturated carbocycles. The molecule has 2 aliphatic rings. The van der Waals surface area contributed by atoms with Gasteiger partial charge in [0.05, 0.1) is 6.61 Å². The summed E-state index contributed by atoms with van der Waals surface area (Å²) in [6.07, 6.45) is 1.69. The lowest BCUT2D eigenvalue weighted by Gasteiger charge is -2.24.